The largest absolute Gasteiger partial charge is 0.363 e. The number of hydrogen-bond acceptors (Lipinski definition) is 4. The fraction of sp³-hybridized carbons (Fsp3) is 0.714. The van der Waals surface area contributed by atoms with Crippen molar-refractivity contribution in [2.45, 2.75) is 18.7 Å². The Bertz CT molecular complexity index is 234. The van der Waals surface area contributed by atoms with Gasteiger partial charge in [0.15, 0.2) is 0 Å². The van der Waals surface area contributed by atoms with Crippen LogP contribution in [0, 0.1) is 0 Å². The molecule has 0 unspecified atom stereocenters. The van der Waals surface area contributed by atoms with Gasteiger partial charge in [-0.1, -0.05) is 11.8 Å². The van der Waals surface area contributed by atoms with E-state index >= 15 is 0 Å². The van der Waals surface area contributed by atoms with E-state index in [1.54, 1.807) is 11.8 Å². The highest BCUT2D eigenvalue weighted by Crippen LogP contribution is 2.40. The fourth-order valence-electron chi connectivity index (χ4n) is 1.31. The summed E-state index contributed by atoms with van der Waals surface area (Å²) in [6, 6.07) is 0. The van der Waals surface area contributed by atoms with Gasteiger partial charge in [0.25, 0.3) is 0 Å². The minimum atomic E-state index is 0.539. The molecule has 0 spiro atoms. The third-order valence-electron chi connectivity index (χ3n) is 2.11. The van der Waals surface area contributed by atoms with Crippen LogP contribution in [0.1, 0.15) is 13.3 Å². The third-order valence-corrected chi connectivity index (χ3v) is 3.31. The van der Waals surface area contributed by atoms with Crippen LogP contribution in [0.2, 0.25) is 0 Å². The maximum atomic E-state index is 4.12. The maximum absolute atomic E-state index is 4.12. The summed E-state index contributed by atoms with van der Waals surface area (Å²) in [4.78, 5) is 2.29. The first kappa shape index (κ1) is 7.16. The Morgan fingerprint density at radius 3 is 3.18 bits per heavy atom. The van der Waals surface area contributed by atoms with Crippen molar-refractivity contribution < 1.29 is 0 Å². The van der Waals surface area contributed by atoms with Crippen LogP contribution >= 0.6 is 11.8 Å². The molecular formula is C7H11N3S. The van der Waals surface area contributed by atoms with E-state index in [2.05, 4.69) is 29.1 Å². The van der Waals surface area contributed by atoms with Gasteiger partial charge < -0.3 is 4.90 Å². The number of hydrogen-bond donors (Lipinski definition) is 0. The lowest BCUT2D eigenvalue weighted by Crippen LogP contribution is -2.21. The lowest BCUT2D eigenvalue weighted by Gasteiger charge is -2.20. The van der Waals surface area contributed by atoms with Crippen molar-refractivity contribution in [3.8, 4) is 0 Å². The summed E-state index contributed by atoms with van der Waals surface area (Å²) in [5, 5.41) is 9.80. The smallest absolute Gasteiger partial charge is 0.139 e. The summed E-state index contributed by atoms with van der Waals surface area (Å²) in [6.07, 6.45) is 1.06. The Balaban J connectivity index is 2.28. The first-order valence-electron chi connectivity index (χ1n) is 3.79. The molecule has 0 bridgehead atoms. The molecule has 0 aliphatic carbocycles. The van der Waals surface area contributed by atoms with Crippen LogP contribution in [0.4, 0.5) is 0 Å². The van der Waals surface area contributed by atoms with E-state index in [9.17, 15) is 0 Å². The predicted molar refractivity (Wildman–Crippen MR) is 46.2 cm³/mol. The zero-order valence-electron chi connectivity index (χ0n) is 6.74. The summed E-state index contributed by atoms with van der Waals surface area (Å²) in [5.74, 6) is 0. The second-order valence-electron chi connectivity index (χ2n) is 2.79. The first-order valence-corrected chi connectivity index (χ1v) is 4.67. The van der Waals surface area contributed by atoms with E-state index in [1.807, 2.05) is 0 Å². The van der Waals surface area contributed by atoms with E-state index in [1.165, 1.54) is 5.70 Å². The van der Waals surface area contributed by atoms with Crippen LogP contribution < -0.4 is 0 Å². The SMILES string of the molecule is C[C@H]1SC2=C(CCN=N2)N1C. The summed E-state index contributed by atoms with van der Waals surface area (Å²) < 4.78 is 0. The standard InChI is InChI=1S/C7H11N3S/c1-5-10(2)6-3-4-8-9-7(6)11-5/h5H,3-4H2,1-2H3/t5-/m1/s1. The van der Waals surface area contributed by atoms with Gasteiger partial charge in [-0.15, -0.1) is 5.11 Å². The molecule has 0 saturated carbocycles. The minimum absolute atomic E-state index is 0.539. The van der Waals surface area contributed by atoms with Crippen LogP contribution in [0.25, 0.3) is 0 Å². The zero-order chi connectivity index (χ0) is 7.84. The molecule has 0 aromatic heterocycles. The Morgan fingerprint density at radius 2 is 2.45 bits per heavy atom. The highest BCUT2D eigenvalue weighted by molar-refractivity contribution is 8.03. The first-order chi connectivity index (χ1) is 5.29. The van der Waals surface area contributed by atoms with Crippen molar-refractivity contribution in [2.75, 3.05) is 13.6 Å². The van der Waals surface area contributed by atoms with Crippen LogP contribution in [-0.4, -0.2) is 23.9 Å². The van der Waals surface area contributed by atoms with E-state index in [0.29, 0.717) is 5.37 Å². The monoisotopic (exact) mass is 169 g/mol. The van der Waals surface area contributed by atoms with Crippen LogP contribution in [0.15, 0.2) is 21.0 Å². The van der Waals surface area contributed by atoms with Gasteiger partial charge >= 0.3 is 0 Å². The number of nitrogens with zero attached hydrogens (tertiary/aromatic N) is 3. The normalized spacial score (nSPS) is 29.6. The Kier molecular flexibility index (Phi) is 1.64. The molecule has 0 radical (unpaired) electrons. The highest BCUT2D eigenvalue weighted by atomic mass is 32.2. The van der Waals surface area contributed by atoms with Gasteiger partial charge in [0.2, 0.25) is 0 Å². The highest BCUT2D eigenvalue weighted by Gasteiger charge is 2.27. The average Bonchev–Trinajstić information content (AvgIpc) is 2.30. The minimum Gasteiger partial charge on any atom is -0.363 e. The molecule has 0 aromatic carbocycles. The van der Waals surface area contributed by atoms with Crippen LogP contribution in [0.3, 0.4) is 0 Å². The van der Waals surface area contributed by atoms with Crippen LogP contribution in [-0.2, 0) is 0 Å². The molecule has 60 valence electrons. The predicted octanol–water partition coefficient (Wildman–Crippen LogP) is 2.04. The van der Waals surface area contributed by atoms with E-state index in [4.69, 9.17) is 0 Å². The van der Waals surface area contributed by atoms with Gasteiger partial charge in [0, 0.05) is 13.5 Å². The molecule has 0 fully saturated rings. The summed E-state index contributed by atoms with van der Waals surface area (Å²) in [6.45, 7) is 3.05. The maximum Gasteiger partial charge on any atom is 0.139 e. The van der Waals surface area contributed by atoms with Crippen molar-refractivity contribution in [3.05, 3.63) is 10.7 Å². The quantitative estimate of drug-likeness (QED) is 0.555. The number of rotatable bonds is 0. The van der Waals surface area contributed by atoms with Crippen molar-refractivity contribution in [1.29, 1.82) is 0 Å². The lowest BCUT2D eigenvalue weighted by molar-refractivity contribution is 0.401. The molecule has 0 amide bonds. The molecule has 0 N–H and O–H groups in total. The zero-order valence-corrected chi connectivity index (χ0v) is 7.56. The lowest BCUT2D eigenvalue weighted by atomic mass is 10.3. The van der Waals surface area contributed by atoms with E-state index < -0.39 is 0 Å². The summed E-state index contributed by atoms with van der Waals surface area (Å²) in [7, 11) is 2.13. The van der Waals surface area contributed by atoms with E-state index in [0.717, 1.165) is 18.0 Å². The Morgan fingerprint density at radius 1 is 1.64 bits per heavy atom. The van der Waals surface area contributed by atoms with Crippen molar-refractivity contribution in [1.82, 2.24) is 4.90 Å². The molecule has 2 rings (SSSR count). The van der Waals surface area contributed by atoms with Gasteiger partial charge in [0.1, 0.15) is 5.03 Å². The second kappa shape index (κ2) is 2.52. The molecule has 2 aliphatic rings. The van der Waals surface area contributed by atoms with Gasteiger partial charge in [-0.05, 0) is 6.92 Å². The molecule has 0 aromatic rings. The number of thioether (sulfide) groups is 1. The van der Waals surface area contributed by atoms with E-state index in [-0.39, 0.29) is 0 Å². The van der Waals surface area contributed by atoms with Gasteiger partial charge in [-0.2, -0.15) is 5.11 Å². The second-order valence-corrected chi connectivity index (χ2v) is 4.10. The molecule has 2 heterocycles. The van der Waals surface area contributed by atoms with Crippen molar-refractivity contribution >= 4 is 11.8 Å². The van der Waals surface area contributed by atoms with Crippen molar-refractivity contribution in [3.63, 3.8) is 0 Å². The molecule has 4 heteroatoms. The Hall–Kier alpha value is -0.510. The molecule has 3 nitrogen and oxygen atoms in total. The van der Waals surface area contributed by atoms with Gasteiger partial charge in [0.05, 0.1) is 17.6 Å². The van der Waals surface area contributed by atoms with Crippen LogP contribution in [0.5, 0.6) is 0 Å². The fourth-order valence-corrected chi connectivity index (χ4v) is 2.41. The summed E-state index contributed by atoms with van der Waals surface area (Å²) >= 11 is 1.80. The van der Waals surface area contributed by atoms with Gasteiger partial charge in [-0.3, -0.25) is 0 Å². The molecule has 1 atom stereocenters. The molecule has 2 aliphatic heterocycles. The number of azo groups is 1. The van der Waals surface area contributed by atoms with Gasteiger partial charge in [-0.25, -0.2) is 0 Å². The van der Waals surface area contributed by atoms with Crippen molar-refractivity contribution in [2.24, 2.45) is 10.2 Å². The Labute approximate surface area is 70.6 Å². The third kappa shape index (κ3) is 1.05. The molecular weight excluding hydrogens is 158 g/mol. The average molecular weight is 169 g/mol. The molecule has 0 saturated heterocycles. The molecule has 11 heavy (non-hydrogen) atoms. The topological polar surface area (TPSA) is 28.0 Å². The summed E-state index contributed by atoms with van der Waals surface area (Å²) in [5.41, 5.74) is 1.37.